The monoisotopic (exact) mass is 795 g/mol. The molecule has 0 saturated heterocycles. The molecule has 284 valence electrons. The van der Waals surface area contributed by atoms with Crippen LogP contribution in [0.5, 0.6) is 0 Å². The molecule has 4 heterocycles. The molecule has 0 aliphatic carbocycles. The molecule has 13 aromatic rings. The van der Waals surface area contributed by atoms with Crippen LogP contribution < -0.4 is 0 Å². The topological polar surface area (TPSA) is 48.5 Å². The minimum atomic E-state index is 0.586. The summed E-state index contributed by atoms with van der Waals surface area (Å²) in [5, 5.41) is 9.87. The Bertz CT molecular complexity index is 3810. The first-order valence-electron chi connectivity index (χ1n) is 20.5. The van der Waals surface area contributed by atoms with E-state index in [2.05, 4.69) is 173 Å². The van der Waals surface area contributed by atoms with Crippen molar-refractivity contribution in [2.75, 3.05) is 0 Å². The van der Waals surface area contributed by atoms with E-state index in [1.54, 1.807) is 0 Å². The molecule has 61 heavy (non-hydrogen) atoms. The summed E-state index contributed by atoms with van der Waals surface area (Å²) in [5.41, 5.74) is 9.83. The highest BCUT2D eigenvalue weighted by Gasteiger charge is 2.22. The summed E-state index contributed by atoms with van der Waals surface area (Å²) >= 11 is 1.85. The second kappa shape index (κ2) is 13.3. The van der Waals surface area contributed by atoms with Crippen molar-refractivity contribution in [3.63, 3.8) is 0 Å². The van der Waals surface area contributed by atoms with Crippen molar-refractivity contribution in [3.05, 3.63) is 200 Å². The third-order valence-corrected chi connectivity index (χ3v) is 13.4. The Labute approximate surface area is 354 Å². The van der Waals surface area contributed by atoms with Crippen molar-refractivity contribution in [2.45, 2.75) is 0 Å². The van der Waals surface area contributed by atoms with Gasteiger partial charge in [-0.05, 0) is 76.5 Å². The van der Waals surface area contributed by atoms with Gasteiger partial charge in [0, 0.05) is 58.5 Å². The van der Waals surface area contributed by atoms with E-state index < -0.39 is 0 Å². The van der Waals surface area contributed by atoms with E-state index in [-0.39, 0.29) is 0 Å². The van der Waals surface area contributed by atoms with Crippen LogP contribution in [0.25, 0.3) is 120 Å². The summed E-state index contributed by atoms with van der Waals surface area (Å²) in [6, 6.07) is 71.4. The Morgan fingerprint density at radius 1 is 0.344 bits per heavy atom. The van der Waals surface area contributed by atoms with E-state index in [1.807, 2.05) is 47.7 Å². The maximum Gasteiger partial charge on any atom is 0.238 e. The lowest BCUT2D eigenvalue weighted by atomic mass is 9.98. The van der Waals surface area contributed by atoms with Gasteiger partial charge in [0.15, 0.2) is 11.6 Å². The average molecular weight is 796 g/mol. The van der Waals surface area contributed by atoms with Crippen molar-refractivity contribution >= 4 is 85.9 Å². The number of nitrogens with zero attached hydrogens (tertiary/aromatic N) is 5. The number of rotatable bonds is 5. The van der Waals surface area contributed by atoms with Crippen LogP contribution in [0.1, 0.15) is 0 Å². The Hall–Kier alpha value is -7.93. The SMILES string of the molecule is c1ccc(-c2nc(-c3ccccc3)nc(-n3c4ccc(-c5ccc6c(c5)c5c7ccccc7ccc5n6-c5ccccc5)cc4c4c5sc6ccccc6c5ccc43)n2)cc1. The quantitative estimate of drug-likeness (QED) is 0.174. The normalized spacial score (nSPS) is 11.9. The fraction of sp³-hybridized carbons (Fsp3) is 0. The smallest absolute Gasteiger partial charge is 0.238 e. The van der Waals surface area contributed by atoms with E-state index in [0.717, 1.165) is 44.4 Å². The maximum absolute atomic E-state index is 5.23. The summed E-state index contributed by atoms with van der Waals surface area (Å²) in [6.45, 7) is 0. The lowest BCUT2D eigenvalue weighted by molar-refractivity contribution is 0.953. The molecule has 0 atom stereocenters. The second-order valence-corrected chi connectivity index (χ2v) is 16.7. The highest BCUT2D eigenvalue weighted by atomic mass is 32.1. The largest absolute Gasteiger partial charge is 0.309 e. The van der Waals surface area contributed by atoms with Crippen molar-refractivity contribution in [3.8, 4) is 45.5 Å². The first-order valence-corrected chi connectivity index (χ1v) is 21.3. The molecule has 5 nitrogen and oxygen atoms in total. The van der Waals surface area contributed by atoms with Crippen molar-refractivity contribution in [1.29, 1.82) is 0 Å². The van der Waals surface area contributed by atoms with Gasteiger partial charge < -0.3 is 4.57 Å². The van der Waals surface area contributed by atoms with Crippen LogP contribution in [0.3, 0.4) is 0 Å². The van der Waals surface area contributed by atoms with E-state index >= 15 is 0 Å². The maximum atomic E-state index is 5.23. The summed E-state index contributed by atoms with van der Waals surface area (Å²) in [4.78, 5) is 15.5. The lowest BCUT2D eigenvalue weighted by Crippen LogP contribution is -2.06. The Balaban J connectivity index is 1.10. The summed E-state index contributed by atoms with van der Waals surface area (Å²) in [6.07, 6.45) is 0. The van der Waals surface area contributed by atoms with E-state index in [4.69, 9.17) is 15.0 Å². The zero-order valence-electron chi connectivity index (χ0n) is 32.7. The molecule has 6 heteroatoms. The molecule has 13 rings (SSSR count). The first-order chi connectivity index (χ1) is 30.2. The molecule has 0 spiro atoms. The van der Waals surface area contributed by atoms with Crippen LogP contribution in [0.2, 0.25) is 0 Å². The molecule has 0 aliphatic heterocycles. The molecular formula is C55H33N5S. The lowest BCUT2D eigenvalue weighted by Gasteiger charge is -2.11. The van der Waals surface area contributed by atoms with Gasteiger partial charge in [-0.3, -0.25) is 4.57 Å². The van der Waals surface area contributed by atoms with Crippen LogP contribution in [0.4, 0.5) is 0 Å². The van der Waals surface area contributed by atoms with Gasteiger partial charge in [0.2, 0.25) is 5.95 Å². The van der Waals surface area contributed by atoms with Crippen LogP contribution in [-0.2, 0) is 0 Å². The van der Waals surface area contributed by atoms with Crippen molar-refractivity contribution < 1.29 is 0 Å². The molecule has 0 bridgehead atoms. The van der Waals surface area contributed by atoms with E-state index in [0.29, 0.717) is 17.6 Å². The van der Waals surface area contributed by atoms with Crippen molar-refractivity contribution in [1.82, 2.24) is 24.1 Å². The zero-order chi connectivity index (χ0) is 40.0. The van der Waals surface area contributed by atoms with Gasteiger partial charge in [-0.15, -0.1) is 11.3 Å². The predicted molar refractivity (Wildman–Crippen MR) is 255 cm³/mol. The third-order valence-electron chi connectivity index (χ3n) is 12.2. The van der Waals surface area contributed by atoms with E-state index in [1.165, 1.54) is 58.1 Å². The zero-order valence-corrected chi connectivity index (χ0v) is 33.5. The molecular weight excluding hydrogens is 763 g/mol. The fourth-order valence-electron chi connectivity index (χ4n) is 9.40. The second-order valence-electron chi connectivity index (χ2n) is 15.6. The molecule has 9 aromatic carbocycles. The highest BCUT2D eigenvalue weighted by Crippen LogP contribution is 2.45. The summed E-state index contributed by atoms with van der Waals surface area (Å²) in [5.74, 6) is 1.85. The standard InChI is InChI=1S/C55H33N5S/c1-4-15-35(16-5-1)53-56-54(36-17-6-2-7-18-36)58-55(57-53)60-46-29-26-38(33-44(46)51-48(60)31-27-42-41-22-12-13-23-49(41)61-52(42)51)37-25-28-45-43(32-37)50-40-21-11-10-14-34(40)24-30-47(50)59(45)39-19-8-3-9-20-39/h1-33H. The predicted octanol–water partition coefficient (Wildman–Crippen LogP) is 14.6. The minimum Gasteiger partial charge on any atom is -0.309 e. The Kier molecular flexibility index (Phi) is 7.41. The Morgan fingerprint density at radius 2 is 0.885 bits per heavy atom. The van der Waals surface area contributed by atoms with Gasteiger partial charge in [-0.25, -0.2) is 4.98 Å². The van der Waals surface area contributed by atoms with Gasteiger partial charge in [0.25, 0.3) is 0 Å². The molecule has 0 N–H and O–H groups in total. The number of benzene rings is 9. The number of hydrogen-bond acceptors (Lipinski definition) is 4. The van der Waals surface area contributed by atoms with Crippen molar-refractivity contribution in [2.24, 2.45) is 0 Å². The number of aromatic nitrogens is 5. The Morgan fingerprint density at radius 3 is 1.59 bits per heavy atom. The number of hydrogen-bond donors (Lipinski definition) is 0. The van der Waals surface area contributed by atoms with Crippen LogP contribution in [0.15, 0.2) is 200 Å². The first kappa shape index (κ1) is 34.0. The molecule has 0 fully saturated rings. The molecule has 0 unspecified atom stereocenters. The third kappa shape index (κ3) is 5.22. The molecule has 0 saturated carbocycles. The van der Waals surface area contributed by atoms with Gasteiger partial charge >= 0.3 is 0 Å². The minimum absolute atomic E-state index is 0.586. The summed E-state index contributed by atoms with van der Waals surface area (Å²) < 4.78 is 7.17. The summed E-state index contributed by atoms with van der Waals surface area (Å²) in [7, 11) is 0. The number of thiophene rings is 1. The van der Waals surface area contributed by atoms with Gasteiger partial charge in [-0.1, -0.05) is 146 Å². The molecule has 4 aromatic heterocycles. The van der Waals surface area contributed by atoms with Gasteiger partial charge in [0.1, 0.15) is 0 Å². The van der Waals surface area contributed by atoms with Crippen LogP contribution in [0, 0.1) is 0 Å². The van der Waals surface area contributed by atoms with Gasteiger partial charge in [-0.2, -0.15) is 9.97 Å². The number of para-hydroxylation sites is 1. The van der Waals surface area contributed by atoms with Crippen LogP contribution in [-0.4, -0.2) is 24.1 Å². The molecule has 0 amide bonds. The molecule has 0 radical (unpaired) electrons. The van der Waals surface area contributed by atoms with Crippen LogP contribution >= 0.6 is 11.3 Å². The number of fused-ring (bicyclic) bond motifs is 12. The van der Waals surface area contributed by atoms with E-state index in [9.17, 15) is 0 Å². The highest BCUT2D eigenvalue weighted by molar-refractivity contribution is 7.26. The van der Waals surface area contributed by atoms with Gasteiger partial charge in [0.05, 0.1) is 22.1 Å². The fourth-order valence-corrected chi connectivity index (χ4v) is 10.7. The molecule has 0 aliphatic rings. The average Bonchev–Trinajstić information content (AvgIpc) is 3.99.